The number of rotatable bonds is 6. The number of hydrogen-bond acceptors (Lipinski definition) is 6. The molecule has 0 aliphatic carbocycles. The van der Waals surface area contributed by atoms with Crippen molar-refractivity contribution >= 4 is 30.7 Å². The van der Waals surface area contributed by atoms with Gasteiger partial charge >= 0.3 is 5.97 Å². The summed E-state index contributed by atoms with van der Waals surface area (Å²) in [5.74, 6) is 0.181. The Morgan fingerprint density at radius 1 is 1.44 bits per heavy atom. The topological polar surface area (TPSA) is 81.4 Å². The van der Waals surface area contributed by atoms with Crippen molar-refractivity contribution in [1.29, 1.82) is 0 Å². The van der Waals surface area contributed by atoms with Crippen LogP contribution in [0.15, 0.2) is 36.8 Å². The van der Waals surface area contributed by atoms with Crippen LogP contribution in [0.4, 0.5) is 5.82 Å². The monoisotopic (exact) mass is 335 g/mol. The highest BCUT2D eigenvalue weighted by molar-refractivity contribution is 6.36. The highest BCUT2D eigenvalue weighted by atomic mass is 16.5. The second-order valence-corrected chi connectivity index (χ2v) is 5.81. The SMILES string of the molecule is [B]c1cnn2c(NCc3cccnc3)cc(CC(C)C(=O)OC)nc12. The molecule has 3 aromatic heterocycles. The van der Waals surface area contributed by atoms with E-state index in [9.17, 15) is 4.79 Å². The predicted octanol–water partition coefficient (Wildman–Crippen LogP) is 0.882. The molecule has 3 heterocycles. The number of hydrogen-bond donors (Lipinski definition) is 1. The first-order valence-electron chi connectivity index (χ1n) is 7.92. The van der Waals surface area contributed by atoms with Gasteiger partial charge in [-0.25, -0.2) is 4.98 Å². The predicted molar refractivity (Wildman–Crippen MR) is 94.8 cm³/mol. The van der Waals surface area contributed by atoms with Crippen LogP contribution in [0.25, 0.3) is 5.65 Å². The largest absolute Gasteiger partial charge is 0.469 e. The minimum Gasteiger partial charge on any atom is -0.469 e. The molecule has 1 atom stereocenters. The van der Waals surface area contributed by atoms with E-state index >= 15 is 0 Å². The number of carbonyl (C=O) groups excluding carboxylic acids is 1. The fourth-order valence-electron chi connectivity index (χ4n) is 2.55. The van der Waals surface area contributed by atoms with E-state index in [1.54, 1.807) is 30.0 Å². The number of aromatic nitrogens is 4. The maximum atomic E-state index is 11.7. The number of carbonyl (C=O) groups is 1. The van der Waals surface area contributed by atoms with Gasteiger partial charge in [0.15, 0.2) is 0 Å². The minimum atomic E-state index is -0.296. The van der Waals surface area contributed by atoms with Gasteiger partial charge in [-0.2, -0.15) is 9.61 Å². The summed E-state index contributed by atoms with van der Waals surface area (Å²) in [6.45, 7) is 2.39. The number of nitrogens with zero attached hydrogens (tertiary/aromatic N) is 4. The van der Waals surface area contributed by atoms with Crippen LogP contribution in [0.1, 0.15) is 18.2 Å². The van der Waals surface area contributed by atoms with Crippen molar-refractivity contribution in [3.8, 4) is 0 Å². The molecule has 0 aromatic carbocycles. The van der Waals surface area contributed by atoms with Crippen molar-refractivity contribution in [2.75, 3.05) is 12.4 Å². The van der Waals surface area contributed by atoms with E-state index in [-0.39, 0.29) is 11.9 Å². The van der Waals surface area contributed by atoms with Gasteiger partial charge in [-0.3, -0.25) is 9.78 Å². The van der Waals surface area contributed by atoms with Gasteiger partial charge in [-0.05, 0) is 17.1 Å². The average molecular weight is 335 g/mol. The first-order chi connectivity index (χ1) is 12.1. The third-order valence-electron chi connectivity index (χ3n) is 3.87. The summed E-state index contributed by atoms with van der Waals surface area (Å²) < 4.78 is 6.44. The molecule has 7 nitrogen and oxygen atoms in total. The number of fused-ring (bicyclic) bond motifs is 1. The molecule has 0 spiro atoms. The molecule has 0 aliphatic heterocycles. The molecular weight excluding hydrogens is 317 g/mol. The Morgan fingerprint density at radius 3 is 3.00 bits per heavy atom. The molecule has 0 bridgehead atoms. The van der Waals surface area contributed by atoms with Crippen LogP contribution in [0.5, 0.6) is 0 Å². The lowest BCUT2D eigenvalue weighted by Gasteiger charge is -2.13. The number of anilines is 1. The van der Waals surface area contributed by atoms with Crippen LogP contribution in [-0.4, -0.2) is 40.5 Å². The van der Waals surface area contributed by atoms with Crippen molar-refractivity contribution in [3.63, 3.8) is 0 Å². The summed E-state index contributed by atoms with van der Waals surface area (Å²) in [6, 6.07) is 5.74. The van der Waals surface area contributed by atoms with Crippen LogP contribution < -0.4 is 10.8 Å². The molecular formula is C17H18BN5O2. The van der Waals surface area contributed by atoms with Crippen LogP contribution >= 0.6 is 0 Å². The summed E-state index contributed by atoms with van der Waals surface area (Å²) in [6.07, 6.45) is 5.54. The van der Waals surface area contributed by atoms with E-state index < -0.39 is 0 Å². The average Bonchev–Trinajstić information content (AvgIpc) is 3.01. The number of pyridine rings is 1. The fraction of sp³-hybridized carbons (Fsp3) is 0.294. The maximum absolute atomic E-state index is 11.7. The number of esters is 1. The Morgan fingerprint density at radius 2 is 2.28 bits per heavy atom. The Hall–Kier alpha value is -2.90. The van der Waals surface area contributed by atoms with Crippen LogP contribution in [-0.2, 0) is 22.5 Å². The molecule has 126 valence electrons. The maximum Gasteiger partial charge on any atom is 0.308 e. The first-order valence-corrected chi connectivity index (χ1v) is 7.92. The quantitative estimate of drug-likeness (QED) is 0.532. The third kappa shape index (κ3) is 3.79. The van der Waals surface area contributed by atoms with E-state index in [1.165, 1.54) is 7.11 Å². The van der Waals surface area contributed by atoms with Gasteiger partial charge in [0.05, 0.1) is 13.0 Å². The van der Waals surface area contributed by atoms with Crippen molar-refractivity contribution in [1.82, 2.24) is 19.6 Å². The normalized spacial score (nSPS) is 12.1. The fourth-order valence-corrected chi connectivity index (χ4v) is 2.55. The lowest BCUT2D eigenvalue weighted by molar-refractivity contribution is -0.144. The number of nitrogens with one attached hydrogen (secondary N) is 1. The van der Waals surface area contributed by atoms with Gasteiger partial charge < -0.3 is 10.1 Å². The molecule has 0 saturated carbocycles. The molecule has 3 aromatic rings. The Kier molecular flexibility index (Phi) is 4.97. The minimum absolute atomic E-state index is 0.270. The lowest BCUT2D eigenvalue weighted by atomic mass is 10.0. The smallest absolute Gasteiger partial charge is 0.308 e. The highest BCUT2D eigenvalue weighted by Crippen LogP contribution is 2.16. The van der Waals surface area contributed by atoms with Gasteiger partial charge in [0.2, 0.25) is 0 Å². The molecule has 0 aliphatic rings. The standard InChI is InChI=1S/C17H18BN5O2/c1-11(17(24)25-2)6-13-7-15(20-9-12-4-3-5-19-8-12)23-16(22-13)14(18)10-21-23/h3-5,7-8,10-11,20H,6,9H2,1-2H3. The van der Waals surface area contributed by atoms with Gasteiger partial charge in [0.1, 0.15) is 19.3 Å². The Balaban J connectivity index is 1.89. The van der Waals surface area contributed by atoms with E-state index in [1.807, 2.05) is 18.2 Å². The van der Waals surface area contributed by atoms with E-state index in [2.05, 4.69) is 20.4 Å². The summed E-state index contributed by atoms with van der Waals surface area (Å²) in [7, 11) is 7.34. The zero-order valence-corrected chi connectivity index (χ0v) is 14.1. The number of methoxy groups -OCH3 is 1. The van der Waals surface area contributed by atoms with Crippen LogP contribution in [0.2, 0.25) is 0 Å². The molecule has 2 radical (unpaired) electrons. The molecule has 25 heavy (non-hydrogen) atoms. The van der Waals surface area contributed by atoms with Gasteiger partial charge in [-0.1, -0.05) is 13.0 Å². The summed E-state index contributed by atoms with van der Waals surface area (Å²) >= 11 is 0. The second-order valence-electron chi connectivity index (χ2n) is 5.81. The summed E-state index contributed by atoms with van der Waals surface area (Å²) in [5.41, 5.74) is 2.82. The van der Waals surface area contributed by atoms with Gasteiger partial charge in [0, 0.05) is 43.3 Å². The molecule has 1 N–H and O–H groups in total. The summed E-state index contributed by atoms with van der Waals surface area (Å²) in [4.78, 5) is 20.3. The van der Waals surface area contributed by atoms with Crippen molar-refractivity contribution in [3.05, 3.63) is 48.0 Å². The van der Waals surface area contributed by atoms with Crippen LogP contribution in [0.3, 0.4) is 0 Å². The molecule has 1 unspecified atom stereocenters. The lowest BCUT2D eigenvalue weighted by Crippen LogP contribution is -2.17. The van der Waals surface area contributed by atoms with E-state index in [0.717, 1.165) is 17.1 Å². The van der Waals surface area contributed by atoms with E-state index in [0.29, 0.717) is 24.1 Å². The highest BCUT2D eigenvalue weighted by Gasteiger charge is 2.17. The van der Waals surface area contributed by atoms with Gasteiger partial charge in [-0.15, -0.1) is 0 Å². The third-order valence-corrected chi connectivity index (χ3v) is 3.87. The molecule has 0 saturated heterocycles. The van der Waals surface area contributed by atoms with Gasteiger partial charge in [0.25, 0.3) is 0 Å². The zero-order valence-electron chi connectivity index (χ0n) is 14.1. The number of ether oxygens (including phenoxy) is 1. The Labute approximate surface area is 146 Å². The van der Waals surface area contributed by atoms with Crippen molar-refractivity contribution < 1.29 is 9.53 Å². The Bertz CT molecular complexity index is 881. The molecule has 0 fully saturated rings. The van der Waals surface area contributed by atoms with Crippen molar-refractivity contribution in [2.24, 2.45) is 5.92 Å². The molecule has 8 heteroatoms. The molecule has 3 rings (SSSR count). The zero-order chi connectivity index (χ0) is 17.8. The van der Waals surface area contributed by atoms with Crippen molar-refractivity contribution in [2.45, 2.75) is 19.9 Å². The van der Waals surface area contributed by atoms with Crippen LogP contribution in [0, 0.1) is 5.92 Å². The summed E-state index contributed by atoms with van der Waals surface area (Å²) in [5, 5.41) is 7.58. The second kappa shape index (κ2) is 7.33. The molecule has 0 amide bonds. The first kappa shape index (κ1) is 16.9. The van der Waals surface area contributed by atoms with E-state index in [4.69, 9.17) is 12.6 Å².